The lowest BCUT2D eigenvalue weighted by Gasteiger charge is -2.05. The van der Waals surface area contributed by atoms with Crippen LogP contribution in [0.15, 0.2) is 60.7 Å². The van der Waals surface area contributed by atoms with E-state index in [2.05, 4.69) is 34.9 Å². The van der Waals surface area contributed by atoms with Gasteiger partial charge in [0.05, 0.1) is 11.4 Å². The number of hydrogen-bond acceptors (Lipinski definition) is 4. The van der Waals surface area contributed by atoms with E-state index >= 15 is 0 Å². The maximum Gasteiger partial charge on any atom is 0.205 e. The molecule has 114 valence electrons. The van der Waals surface area contributed by atoms with Crippen LogP contribution >= 0.6 is 0 Å². The van der Waals surface area contributed by atoms with Crippen molar-refractivity contribution < 1.29 is 9.47 Å². The molecule has 0 fully saturated rings. The van der Waals surface area contributed by atoms with Gasteiger partial charge in [-0.1, -0.05) is 12.1 Å². The van der Waals surface area contributed by atoms with Crippen molar-refractivity contribution in [1.29, 1.82) is 0 Å². The SMILES string of the molecule is c1cc2c3cc1-c1ccc4c(c1)NC(=c1ccc(cc1)=C(N3)O2)O4. The largest absolute Gasteiger partial charge is 0.438 e. The highest BCUT2D eigenvalue weighted by Crippen LogP contribution is 2.40. The van der Waals surface area contributed by atoms with Gasteiger partial charge in [0.25, 0.3) is 0 Å². The zero-order chi connectivity index (χ0) is 15.7. The average Bonchev–Trinajstić information content (AvgIpc) is 3.23. The molecule has 0 atom stereocenters. The molecule has 0 amide bonds. The number of rotatable bonds is 0. The number of anilines is 2. The summed E-state index contributed by atoms with van der Waals surface area (Å²) in [6.07, 6.45) is 0. The highest BCUT2D eigenvalue weighted by Gasteiger charge is 2.21. The van der Waals surface area contributed by atoms with Crippen LogP contribution in [0.5, 0.6) is 11.5 Å². The molecule has 8 bridgehead atoms. The Morgan fingerprint density at radius 2 is 1.00 bits per heavy atom. The first-order valence-electron chi connectivity index (χ1n) is 7.86. The molecule has 0 unspecified atom stereocenters. The summed E-state index contributed by atoms with van der Waals surface area (Å²) in [7, 11) is 0. The fourth-order valence-electron chi connectivity index (χ4n) is 3.34. The van der Waals surface area contributed by atoms with Crippen molar-refractivity contribution in [3.05, 3.63) is 71.1 Å². The topological polar surface area (TPSA) is 42.5 Å². The van der Waals surface area contributed by atoms with E-state index in [4.69, 9.17) is 9.47 Å². The third kappa shape index (κ3) is 1.57. The van der Waals surface area contributed by atoms with Crippen LogP contribution in [-0.4, -0.2) is 0 Å². The zero-order valence-electron chi connectivity index (χ0n) is 12.6. The van der Waals surface area contributed by atoms with Crippen LogP contribution in [0.25, 0.3) is 22.9 Å². The molecule has 24 heavy (non-hydrogen) atoms. The first-order chi connectivity index (χ1) is 11.8. The molecule has 0 saturated carbocycles. The van der Waals surface area contributed by atoms with Crippen molar-refractivity contribution in [3.63, 3.8) is 0 Å². The van der Waals surface area contributed by atoms with Gasteiger partial charge in [-0.2, -0.15) is 0 Å². The summed E-state index contributed by atoms with van der Waals surface area (Å²) in [5, 5.41) is 8.76. The Bertz CT molecular complexity index is 1050. The van der Waals surface area contributed by atoms with Crippen molar-refractivity contribution >= 4 is 23.1 Å². The second kappa shape index (κ2) is 4.11. The van der Waals surface area contributed by atoms with E-state index < -0.39 is 0 Å². The molecule has 0 aliphatic carbocycles. The van der Waals surface area contributed by atoms with Crippen LogP contribution in [0.1, 0.15) is 0 Å². The van der Waals surface area contributed by atoms with Gasteiger partial charge in [-0.15, -0.1) is 0 Å². The van der Waals surface area contributed by atoms with Gasteiger partial charge in [-0.25, -0.2) is 0 Å². The molecule has 4 aliphatic rings. The van der Waals surface area contributed by atoms with Gasteiger partial charge in [0.15, 0.2) is 11.5 Å². The Balaban J connectivity index is 1.73. The van der Waals surface area contributed by atoms with Crippen molar-refractivity contribution in [3.8, 4) is 22.6 Å². The second-order valence-electron chi connectivity index (χ2n) is 6.11. The van der Waals surface area contributed by atoms with Gasteiger partial charge >= 0.3 is 0 Å². The first-order valence-corrected chi connectivity index (χ1v) is 7.86. The molecule has 7 rings (SSSR count). The van der Waals surface area contributed by atoms with Gasteiger partial charge in [-0.05, 0) is 59.7 Å². The molecule has 2 N–H and O–H groups in total. The van der Waals surface area contributed by atoms with E-state index in [0.717, 1.165) is 56.2 Å². The van der Waals surface area contributed by atoms with Crippen molar-refractivity contribution in [2.45, 2.75) is 0 Å². The van der Waals surface area contributed by atoms with Gasteiger partial charge in [0.1, 0.15) is 0 Å². The van der Waals surface area contributed by atoms with Crippen LogP contribution in [0.4, 0.5) is 11.4 Å². The van der Waals surface area contributed by atoms with Crippen LogP contribution < -0.4 is 30.5 Å². The monoisotopic (exact) mass is 312 g/mol. The number of ether oxygens (including phenoxy) is 2. The Kier molecular flexibility index (Phi) is 2.07. The summed E-state index contributed by atoms with van der Waals surface area (Å²) in [5.41, 5.74) is 4.24. The summed E-state index contributed by atoms with van der Waals surface area (Å²) in [6, 6.07) is 20.5. The van der Waals surface area contributed by atoms with Gasteiger partial charge in [-0.3, -0.25) is 0 Å². The number of hydrogen-bond donors (Lipinski definition) is 2. The summed E-state index contributed by atoms with van der Waals surface area (Å²) < 4.78 is 11.9. The lowest BCUT2D eigenvalue weighted by Crippen LogP contribution is -2.18. The third-order valence-corrected chi connectivity index (χ3v) is 4.62. The standard InChI is InChI=1S/C20H12N2O2/c1-2-12-4-3-11(1)19-21-15-9-13(5-7-17(15)23-19)14-6-8-18-16(10-14)22-20(12)24-18/h1-10,21-22H. The first kappa shape index (κ1) is 12.1. The van der Waals surface area contributed by atoms with Crippen molar-refractivity contribution in [2.24, 2.45) is 0 Å². The fourth-order valence-corrected chi connectivity index (χ4v) is 3.34. The molecular weight excluding hydrogens is 300 g/mol. The molecule has 0 radical (unpaired) electrons. The predicted octanol–water partition coefficient (Wildman–Crippen LogP) is 2.81. The maximum absolute atomic E-state index is 5.96. The lowest BCUT2D eigenvalue weighted by atomic mass is 10.0. The molecule has 3 aromatic rings. The minimum absolute atomic E-state index is 0.756. The predicted molar refractivity (Wildman–Crippen MR) is 92.9 cm³/mol. The Morgan fingerprint density at radius 1 is 0.542 bits per heavy atom. The molecule has 0 aromatic heterocycles. The number of benzene rings is 3. The van der Waals surface area contributed by atoms with Crippen molar-refractivity contribution in [2.75, 3.05) is 10.6 Å². The minimum atomic E-state index is 0.756. The van der Waals surface area contributed by atoms with E-state index in [1.54, 1.807) is 0 Å². The molecule has 4 nitrogen and oxygen atoms in total. The Morgan fingerprint density at radius 3 is 1.46 bits per heavy atom. The minimum Gasteiger partial charge on any atom is -0.438 e. The van der Waals surface area contributed by atoms with Crippen LogP contribution in [0.3, 0.4) is 0 Å². The highest BCUT2D eigenvalue weighted by atomic mass is 16.5. The maximum atomic E-state index is 5.96. The smallest absolute Gasteiger partial charge is 0.205 e. The molecule has 0 spiro atoms. The van der Waals surface area contributed by atoms with Crippen LogP contribution in [0, 0.1) is 0 Å². The fraction of sp³-hybridized carbons (Fsp3) is 0. The van der Waals surface area contributed by atoms with E-state index in [-0.39, 0.29) is 0 Å². The number of fused-ring (bicyclic) bond motifs is 2. The summed E-state index contributed by atoms with van der Waals surface area (Å²) in [4.78, 5) is 0. The molecule has 0 saturated heterocycles. The van der Waals surface area contributed by atoms with E-state index in [0.29, 0.717) is 0 Å². The molecular formula is C20H12N2O2. The third-order valence-electron chi connectivity index (χ3n) is 4.62. The summed E-state index contributed by atoms with van der Waals surface area (Å²) in [5.74, 6) is 3.22. The molecule has 4 heterocycles. The van der Waals surface area contributed by atoms with Gasteiger partial charge < -0.3 is 20.1 Å². The van der Waals surface area contributed by atoms with Crippen molar-refractivity contribution in [1.82, 2.24) is 0 Å². The van der Waals surface area contributed by atoms with E-state index in [1.807, 2.05) is 36.4 Å². The second-order valence-corrected chi connectivity index (χ2v) is 6.11. The molecule has 3 aromatic carbocycles. The quantitative estimate of drug-likeness (QED) is 0.670. The summed E-state index contributed by atoms with van der Waals surface area (Å²) in [6.45, 7) is 0. The molecule has 4 aliphatic heterocycles. The lowest BCUT2D eigenvalue weighted by molar-refractivity contribution is 0.528. The average molecular weight is 312 g/mol. The van der Waals surface area contributed by atoms with Crippen LogP contribution in [-0.2, 0) is 0 Å². The highest BCUT2D eigenvalue weighted by molar-refractivity contribution is 5.84. The van der Waals surface area contributed by atoms with Crippen LogP contribution in [0.2, 0.25) is 0 Å². The summed E-state index contributed by atoms with van der Waals surface area (Å²) >= 11 is 0. The Hall–Kier alpha value is -3.40. The zero-order valence-corrected chi connectivity index (χ0v) is 12.6. The van der Waals surface area contributed by atoms with Gasteiger partial charge in [0.2, 0.25) is 11.8 Å². The Labute approximate surface area is 137 Å². The van der Waals surface area contributed by atoms with E-state index in [9.17, 15) is 0 Å². The van der Waals surface area contributed by atoms with Gasteiger partial charge in [0, 0.05) is 10.4 Å². The molecule has 4 heteroatoms. The number of nitrogens with one attached hydrogen (secondary N) is 2. The van der Waals surface area contributed by atoms with E-state index in [1.165, 1.54) is 0 Å². The normalized spacial score (nSPS) is 15.0.